The molecule has 14 heavy (non-hydrogen) atoms. The summed E-state index contributed by atoms with van der Waals surface area (Å²) in [5.41, 5.74) is 0. The van der Waals surface area contributed by atoms with E-state index in [4.69, 9.17) is 10.2 Å². The van der Waals surface area contributed by atoms with Gasteiger partial charge in [0.2, 0.25) is 0 Å². The fraction of sp³-hybridized carbons (Fsp3) is 0.778. The van der Waals surface area contributed by atoms with Gasteiger partial charge in [0.05, 0.1) is 12.0 Å². The highest BCUT2D eigenvalue weighted by atomic mass is 16.4. The van der Waals surface area contributed by atoms with Crippen molar-refractivity contribution in [2.45, 2.75) is 25.9 Å². The molecule has 0 aromatic heterocycles. The van der Waals surface area contributed by atoms with Crippen molar-refractivity contribution in [2.24, 2.45) is 17.8 Å². The molecule has 1 saturated carbocycles. The Morgan fingerprint density at radius 2 is 1.93 bits per heavy atom. The summed E-state index contributed by atoms with van der Waals surface area (Å²) in [6.07, 6.45) is -0.718. The zero-order valence-electron chi connectivity index (χ0n) is 7.88. The van der Waals surface area contributed by atoms with Gasteiger partial charge < -0.3 is 15.3 Å². The molecule has 1 fully saturated rings. The number of aliphatic carboxylic acids is 2. The van der Waals surface area contributed by atoms with Gasteiger partial charge in [0.1, 0.15) is 0 Å². The summed E-state index contributed by atoms with van der Waals surface area (Å²) in [7, 11) is 0. The molecule has 0 aromatic rings. The smallest absolute Gasteiger partial charge is 0.306 e. The lowest BCUT2D eigenvalue weighted by Gasteiger charge is -2.17. The highest BCUT2D eigenvalue weighted by Crippen LogP contribution is 2.39. The topological polar surface area (TPSA) is 94.8 Å². The number of hydrogen-bond acceptors (Lipinski definition) is 3. The molecule has 0 heterocycles. The number of carboxylic acids is 2. The van der Waals surface area contributed by atoms with Crippen LogP contribution in [0.2, 0.25) is 0 Å². The van der Waals surface area contributed by atoms with Gasteiger partial charge in [-0.2, -0.15) is 0 Å². The Kier molecular flexibility index (Phi) is 3.10. The lowest BCUT2D eigenvalue weighted by molar-refractivity contribution is -0.145. The van der Waals surface area contributed by atoms with E-state index in [0.717, 1.165) is 0 Å². The summed E-state index contributed by atoms with van der Waals surface area (Å²) in [4.78, 5) is 21.3. The van der Waals surface area contributed by atoms with Gasteiger partial charge in [-0.3, -0.25) is 9.59 Å². The first kappa shape index (κ1) is 11.0. The van der Waals surface area contributed by atoms with Gasteiger partial charge >= 0.3 is 11.9 Å². The van der Waals surface area contributed by atoms with E-state index in [1.54, 1.807) is 6.92 Å². The van der Waals surface area contributed by atoms with Crippen molar-refractivity contribution in [3.05, 3.63) is 0 Å². The number of rotatable bonds is 3. The lowest BCUT2D eigenvalue weighted by atomic mass is 9.87. The summed E-state index contributed by atoms with van der Waals surface area (Å²) in [5, 5.41) is 26.9. The van der Waals surface area contributed by atoms with Crippen molar-refractivity contribution in [3.63, 3.8) is 0 Å². The largest absolute Gasteiger partial charge is 0.481 e. The molecule has 80 valence electrons. The van der Waals surface area contributed by atoms with Crippen LogP contribution in [0.3, 0.4) is 0 Å². The van der Waals surface area contributed by atoms with Crippen LogP contribution in [-0.2, 0) is 9.59 Å². The van der Waals surface area contributed by atoms with E-state index in [2.05, 4.69) is 0 Å². The Hall–Kier alpha value is -1.10. The number of carbonyl (C=O) groups is 2. The zero-order valence-corrected chi connectivity index (χ0v) is 7.88. The van der Waals surface area contributed by atoms with E-state index in [1.807, 2.05) is 0 Å². The second-order valence-electron chi connectivity index (χ2n) is 3.87. The molecule has 0 amide bonds. The lowest BCUT2D eigenvalue weighted by Crippen LogP contribution is -2.24. The molecule has 1 aliphatic carbocycles. The normalized spacial score (nSPS) is 37.0. The summed E-state index contributed by atoms with van der Waals surface area (Å²) in [6.45, 7) is 1.70. The molecular weight excluding hydrogens is 188 g/mol. The van der Waals surface area contributed by atoms with Crippen molar-refractivity contribution < 1.29 is 24.9 Å². The molecule has 4 atom stereocenters. The van der Waals surface area contributed by atoms with Crippen LogP contribution in [0, 0.1) is 17.8 Å². The van der Waals surface area contributed by atoms with Crippen LogP contribution in [0.4, 0.5) is 0 Å². The van der Waals surface area contributed by atoms with Crippen molar-refractivity contribution in [3.8, 4) is 0 Å². The maximum atomic E-state index is 10.8. The minimum Gasteiger partial charge on any atom is -0.481 e. The van der Waals surface area contributed by atoms with Crippen LogP contribution in [0.1, 0.15) is 19.8 Å². The van der Waals surface area contributed by atoms with Crippen LogP contribution < -0.4 is 0 Å². The molecule has 5 heteroatoms. The first-order valence-corrected chi connectivity index (χ1v) is 4.56. The molecule has 0 aromatic carbocycles. The summed E-state index contributed by atoms with van der Waals surface area (Å²) in [6, 6.07) is 0. The molecule has 3 N–H and O–H groups in total. The summed E-state index contributed by atoms with van der Waals surface area (Å²) >= 11 is 0. The predicted octanol–water partition coefficient (Wildman–Crippen LogP) is 0.179. The van der Waals surface area contributed by atoms with E-state index >= 15 is 0 Å². The Morgan fingerprint density at radius 3 is 2.36 bits per heavy atom. The number of aliphatic hydroxyl groups excluding tert-OH is 1. The van der Waals surface area contributed by atoms with E-state index in [1.165, 1.54) is 0 Å². The maximum absolute atomic E-state index is 10.8. The van der Waals surface area contributed by atoms with Crippen molar-refractivity contribution in [2.75, 3.05) is 0 Å². The highest BCUT2D eigenvalue weighted by molar-refractivity contribution is 5.73. The molecule has 5 nitrogen and oxygen atoms in total. The second kappa shape index (κ2) is 3.96. The molecule has 1 rings (SSSR count). The quantitative estimate of drug-likeness (QED) is 0.606. The van der Waals surface area contributed by atoms with Gasteiger partial charge in [-0.15, -0.1) is 0 Å². The standard InChI is InChI=1S/C9H14O5/c1-4-5(3-8(11)12)6(9(13)14)2-7(4)10/h4-7,10H,2-3H2,1H3,(H,11,12)(H,13,14)/t4?,5?,6-,7?/m1/s1. The van der Waals surface area contributed by atoms with Crippen LogP contribution in [0.25, 0.3) is 0 Å². The molecule has 0 aliphatic heterocycles. The third-order valence-electron chi connectivity index (χ3n) is 3.02. The molecule has 0 bridgehead atoms. The average Bonchev–Trinajstić information content (AvgIpc) is 2.32. The Bertz CT molecular complexity index is 250. The molecule has 0 spiro atoms. The van der Waals surface area contributed by atoms with E-state index in [-0.39, 0.29) is 18.8 Å². The first-order valence-electron chi connectivity index (χ1n) is 4.56. The maximum Gasteiger partial charge on any atom is 0.306 e. The second-order valence-corrected chi connectivity index (χ2v) is 3.87. The molecule has 1 aliphatic rings. The summed E-state index contributed by atoms with van der Waals surface area (Å²) in [5.74, 6) is -3.47. The molecule has 3 unspecified atom stereocenters. The van der Waals surface area contributed by atoms with Crippen molar-refractivity contribution in [1.29, 1.82) is 0 Å². The minimum atomic E-state index is -1.01. The van der Waals surface area contributed by atoms with Crippen LogP contribution in [0.5, 0.6) is 0 Å². The van der Waals surface area contributed by atoms with E-state index < -0.39 is 29.9 Å². The monoisotopic (exact) mass is 202 g/mol. The van der Waals surface area contributed by atoms with E-state index in [9.17, 15) is 14.7 Å². The fourth-order valence-electron chi connectivity index (χ4n) is 2.12. The van der Waals surface area contributed by atoms with Gasteiger partial charge in [0.15, 0.2) is 0 Å². The number of aliphatic hydroxyl groups is 1. The molecular formula is C9H14O5. The zero-order chi connectivity index (χ0) is 10.9. The number of carboxylic acid groups (broad SMARTS) is 2. The van der Waals surface area contributed by atoms with Gasteiger partial charge in [-0.05, 0) is 18.3 Å². The van der Waals surface area contributed by atoms with E-state index in [0.29, 0.717) is 0 Å². The van der Waals surface area contributed by atoms with Gasteiger partial charge in [0, 0.05) is 6.42 Å². The average molecular weight is 202 g/mol. The Labute approximate surface area is 81.4 Å². The first-order chi connectivity index (χ1) is 6.43. The molecule has 0 radical (unpaired) electrons. The van der Waals surface area contributed by atoms with Crippen molar-refractivity contribution >= 4 is 11.9 Å². The van der Waals surface area contributed by atoms with Crippen molar-refractivity contribution in [1.82, 2.24) is 0 Å². The van der Waals surface area contributed by atoms with Crippen LogP contribution >= 0.6 is 0 Å². The molecule has 0 saturated heterocycles. The Balaban J connectivity index is 2.75. The van der Waals surface area contributed by atoms with Gasteiger partial charge in [-0.1, -0.05) is 6.92 Å². The Morgan fingerprint density at radius 1 is 1.36 bits per heavy atom. The predicted molar refractivity (Wildman–Crippen MR) is 46.7 cm³/mol. The third kappa shape index (κ3) is 2.04. The van der Waals surface area contributed by atoms with Crippen LogP contribution in [0.15, 0.2) is 0 Å². The SMILES string of the molecule is CC1C(O)C[C@@H](C(=O)O)C1CC(=O)O. The van der Waals surface area contributed by atoms with Gasteiger partial charge in [-0.25, -0.2) is 0 Å². The minimum absolute atomic E-state index is 0.161. The highest BCUT2D eigenvalue weighted by Gasteiger charge is 2.44. The van der Waals surface area contributed by atoms with Gasteiger partial charge in [0.25, 0.3) is 0 Å². The number of hydrogen-bond donors (Lipinski definition) is 3. The van der Waals surface area contributed by atoms with Crippen LogP contribution in [-0.4, -0.2) is 33.4 Å². The fourth-order valence-corrected chi connectivity index (χ4v) is 2.12. The summed E-state index contributed by atoms with van der Waals surface area (Å²) < 4.78 is 0. The third-order valence-corrected chi connectivity index (χ3v) is 3.02.